The molecule has 18 heavy (non-hydrogen) atoms. The van der Waals surface area contributed by atoms with Crippen LogP contribution in [0.2, 0.25) is 0 Å². The lowest BCUT2D eigenvalue weighted by atomic mass is 9.93. The normalized spacial score (nSPS) is 27.4. The fraction of sp³-hybridized carbons (Fsp3) is 0.923. The lowest BCUT2D eigenvalue weighted by Gasteiger charge is -2.37. The van der Waals surface area contributed by atoms with Crippen molar-refractivity contribution in [1.82, 2.24) is 4.90 Å². The van der Waals surface area contributed by atoms with Gasteiger partial charge in [-0.2, -0.15) is 0 Å². The predicted molar refractivity (Wildman–Crippen MR) is 70.0 cm³/mol. The van der Waals surface area contributed by atoms with Crippen LogP contribution in [0.4, 0.5) is 0 Å². The molecule has 1 saturated heterocycles. The Hall–Kier alpha value is -0.650. The van der Waals surface area contributed by atoms with Gasteiger partial charge in [0, 0.05) is 19.1 Å². The molecule has 1 rings (SSSR count). The third-order valence-corrected chi connectivity index (χ3v) is 3.48. The van der Waals surface area contributed by atoms with E-state index >= 15 is 0 Å². The van der Waals surface area contributed by atoms with E-state index in [1.165, 1.54) is 0 Å². The molecule has 0 aromatic rings. The largest absolute Gasteiger partial charge is 0.389 e. The van der Waals surface area contributed by atoms with Gasteiger partial charge in [0.05, 0.1) is 24.7 Å². The number of carbonyl (C=O) groups is 1. The van der Waals surface area contributed by atoms with Gasteiger partial charge in [0.1, 0.15) is 0 Å². The van der Waals surface area contributed by atoms with Crippen molar-refractivity contribution in [3.8, 4) is 0 Å². The number of aliphatic hydroxyl groups excluding tert-OH is 1. The second-order valence-electron chi connectivity index (χ2n) is 5.52. The first-order valence-corrected chi connectivity index (χ1v) is 6.73. The van der Waals surface area contributed by atoms with Crippen molar-refractivity contribution < 1.29 is 14.6 Å². The first kappa shape index (κ1) is 15.4. The smallest absolute Gasteiger partial charge is 0.221 e. The van der Waals surface area contributed by atoms with Gasteiger partial charge in [-0.3, -0.25) is 9.69 Å². The van der Waals surface area contributed by atoms with Crippen molar-refractivity contribution in [3.63, 3.8) is 0 Å². The Balaban J connectivity index is 2.40. The molecule has 1 fully saturated rings. The maximum Gasteiger partial charge on any atom is 0.221 e. The molecule has 0 aromatic heterocycles. The summed E-state index contributed by atoms with van der Waals surface area (Å²) in [6, 6.07) is 0.384. The summed E-state index contributed by atoms with van der Waals surface area (Å²) in [6.45, 7) is 7.53. The number of hydrogen-bond donors (Lipinski definition) is 2. The first-order chi connectivity index (χ1) is 8.40. The van der Waals surface area contributed by atoms with Crippen LogP contribution >= 0.6 is 0 Å². The zero-order valence-electron chi connectivity index (χ0n) is 11.6. The quantitative estimate of drug-likeness (QED) is 0.721. The second kappa shape index (κ2) is 7.07. The Morgan fingerprint density at radius 1 is 1.50 bits per heavy atom. The van der Waals surface area contributed by atoms with Gasteiger partial charge in [-0.15, -0.1) is 0 Å². The van der Waals surface area contributed by atoms with Crippen LogP contribution in [0, 0.1) is 5.92 Å². The standard InChI is InChI=1S/C13H26N2O3/c1-9(2)18-8-12(16)7-15-6-11(13(14)17)5-4-10(15)3/h9-12,16H,4-8H2,1-3H3,(H2,14,17). The Kier molecular flexibility index (Phi) is 6.05. The van der Waals surface area contributed by atoms with E-state index < -0.39 is 6.10 Å². The number of piperidine rings is 1. The van der Waals surface area contributed by atoms with E-state index in [1.807, 2.05) is 13.8 Å². The summed E-state index contributed by atoms with van der Waals surface area (Å²) < 4.78 is 5.39. The molecule has 5 heteroatoms. The van der Waals surface area contributed by atoms with E-state index in [-0.39, 0.29) is 17.9 Å². The van der Waals surface area contributed by atoms with E-state index in [1.54, 1.807) is 0 Å². The average Bonchev–Trinajstić information content (AvgIpc) is 2.29. The number of carbonyl (C=O) groups excluding carboxylic acids is 1. The number of hydrogen-bond acceptors (Lipinski definition) is 4. The molecule has 106 valence electrons. The molecule has 0 aromatic carbocycles. The average molecular weight is 258 g/mol. The van der Waals surface area contributed by atoms with E-state index in [0.29, 0.717) is 25.7 Å². The summed E-state index contributed by atoms with van der Waals surface area (Å²) in [5.74, 6) is -0.320. The third kappa shape index (κ3) is 4.92. The van der Waals surface area contributed by atoms with Crippen molar-refractivity contribution in [3.05, 3.63) is 0 Å². The van der Waals surface area contributed by atoms with Gasteiger partial charge in [-0.05, 0) is 33.6 Å². The van der Waals surface area contributed by atoms with Gasteiger partial charge in [0.2, 0.25) is 5.91 Å². The van der Waals surface area contributed by atoms with Gasteiger partial charge in [-0.1, -0.05) is 0 Å². The molecule has 0 spiro atoms. The summed E-state index contributed by atoms with van der Waals surface area (Å²) >= 11 is 0. The van der Waals surface area contributed by atoms with Crippen molar-refractivity contribution in [2.45, 2.75) is 51.9 Å². The third-order valence-electron chi connectivity index (χ3n) is 3.48. The Bertz CT molecular complexity index is 271. The van der Waals surface area contributed by atoms with Gasteiger partial charge in [0.15, 0.2) is 0 Å². The minimum Gasteiger partial charge on any atom is -0.389 e. The summed E-state index contributed by atoms with van der Waals surface area (Å²) in [5.41, 5.74) is 5.35. The van der Waals surface area contributed by atoms with Crippen molar-refractivity contribution in [2.24, 2.45) is 11.7 Å². The Morgan fingerprint density at radius 2 is 2.17 bits per heavy atom. The molecule has 1 heterocycles. The van der Waals surface area contributed by atoms with Crippen molar-refractivity contribution in [2.75, 3.05) is 19.7 Å². The Morgan fingerprint density at radius 3 is 2.72 bits per heavy atom. The van der Waals surface area contributed by atoms with Crippen LogP contribution in [0.25, 0.3) is 0 Å². The number of β-amino-alcohol motifs (C(OH)–C–C–N with tert-alkyl or cyclic N) is 1. The van der Waals surface area contributed by atoms with Gasteiger partial charge in [0.25, 0.3) is 0 Å². The highest BCUT2D eigenvalue weighted by Crippen LogP contribution is 2.21. The number of primary amides is 1. The molecule has 0 bridgehead atoms. The number of nitrogens with two attached hydrogens (primary N) is 1. The Labute approximate surface area is 109 Å². The maximum atomic E-state index is 11.2. The van der Waals surface area contributed by atoms with Crippen molar-refractivity contribution in [1.29, 1.82) is 0 Å². The summed E-state index contributed by atoms with van der Waals surface area (Å²) in [5, 5.41) is 9.91. The van der Waals surface area contributed by atoms with Crippen LogP contribution in [-0.2, 0) is 9.53 Å². The van der Waals surface area contributed by atoms with E-state index in [9.17, 15) is 9.90 Å². The molecule has 1 aliphatic rings. The van der Waals surface area contributed by atoms with Crippen LogP contribution < -0.4 is 5.73 Å². The molecule has 5 nitrogen and oxygen atoms in total. The van der Waals surface area contributed by atoms with Gasteiger partial charge >= 0.3 is 0 Å². The number of amides is 1. The number of ether oxygens (including phenoxy) is 1. The highest BCUT2D eigenvalue weighted by atomic mass is 16.5. The number of aliphatic hydroxyl groups is 1. The fourth-order valence-corrected chi connectivity index (χ4v) is 2.29. The van der Waals surface area contributed by atoms with E-state index in [0.717, 1.165) is 12.8 Å². The molecule has 0 radical (unpaired) electrons. The maximum absolute atomic E-state index is 11.2. The van der Waals surface area contributed by atoms with E-state index in [4.69, 9.17) is 10.5 Å². The molecular weight excluding hydrogens is 232 g/mol. The molecular formula is C13H26N2O3. The van der Waals surface area contributed by atoms with Gasteiger partial charge in [-0.25, -0.2) is 0 Å². The van der Waals surface area contributed by atoms with Gasteiger partial charge < -0.3 is 15.6 Å². The topological polar surface area (TPSA) is 75.8 Å². The lowest BCUT2D eigenvalue weighted by Crippen LogP contribution is -2.49. The number of nitrogens with zero attached hydrogens (tertiary/aromatic N) is 1. The number of rotatable bonds is 6. The summed E-state index contributed by atoms with van der Waals surface area (Å²) in [4.78, 5) is 13.3. The fourth-order valence-electron chi connectivity index (χ4n) is 2.29. The first-order valence-electron chi connectivity index (χ1n) is 6.73. The molecule has 3 N–H and O–H groups in total. The van der Waals surface area contributed by atoms with Crippen LogP contribution in [-0.4, -0.2) is 53.9 Å². The van der Waals surface area contributed by atoms with Crippen LogP contribution in [0.5, 0.6) is 0 Å². The van der Waals surface area contributed by atoms with Crippen LogP contribution in [0.15, 0.2) is 0 Å². The monoisotopic (exact) mass is 258 g/mol. The number of likely N-dealkylation sites (tertiary alicyclic amines) is 1. The highest BCUT2D eigenvalue weighted by Gasteiger charge is 2.29. The van der Waals surface area contributed by atoms with Crippen LogP contribution in [0.3, 0.4) is 0 Å². The zero-order chi connectivity index (χ0) is 13.7. The zero-order valence-corrected chi connectivity index (χ0v) is 11.6. The predicted octanol–water partition coefficient (Wildman–Crippen LogP) is 0.358. The molecule has 1 aliphatic heterocycles. The lowest BCUT2D eigenvalue weighted by molar-refractivity contribution is -0.124. The highest BCUT2D eigenvalue weighted by molar-refractivity contribution is 5.76. The minimum atomic E-state index is -0.513. The van der Waals surface area contributed by atoms with Crippen molar-refractivity contribution >= 4 is 5.91 Å². The molecule has 3 atom stereocenters. The van der Waals surface area contributed by atoms with Crippen LogP contribution in [0.1, 0.15) is 33.6 Å². The minimum absolute atomic E-state index is 0.0839. The molecule has 0 saturated carbocycles. The van der Waals surface area contributed by atoms with E-state index in [2.05, 4.69) is 11.8 Å². The summed E-state index contributed by atoms with van der Waals surface area (Å²) in [6.07, 6.45) is 1.41. The molecule has 0 aliphatic carbocycles. The molecule has 3 unspecified atom stereocenters. The second-order valence-corrected chi connectivity index (χ2v) is 5.52. The SMILES string of the molecule is CC(C)OCC(O)CN1CC(C(N)=O)CCC1C. The molecule has 1 amide bonds. The summed E-state index contributed by atoms with van der Waals surface area (Å²) in [7, 11) is 0.